The molecule has 1 amide bonds. The third-order valence-corrected chi connectivity index (χ3v) is 3.32. The van der Waals surface area contributed by atoms with Gasteiger partial charge in [-0.2, -0.15) is 0 Å². The van der Waals surface area contributed by atoms with E-state index in [1.165, 1.54) is 11.6 Å². The molecule has 0 saturated carbocycles. The lowest BCUT2D eigenvalue weighted by atomic mass is 10.2. The molecule has 4 nitrogen and oxygen atoms in total. The highest BCUT2D eigenvalue weighted by Crippen LogP contribution is 2.23. The van der Waals surface area contributed by atoms with Crippen LogP contribution in [-0.2, 0) is 4.79 Å². The largest absolute Gasteiger partial charge is 0.465 e. The minimum Gasteiger partial charge on any atom is -0.465 e. The maximum absolute atomic E-state index is 11.8. The second-order valence-corrected chi connectivity index (χ2v) is 5.28. The van der Waals surface area contributed by atoms with Crippen LogP contribution in [0.1, 0.15) is 11.3 Å². The number of carbonyl (C=O) groups excluding carboxylic acids is 1. The zero-order valence-corrected chi connectivity index (χ0v) is 13.2. The molecule has 1 aromatic heterocycles. The van der Waals surface area contributed by atoms with Gasteiger partial charge in [-0.3, -0.25) is 4.79 Å². The average Bonchev–Trinajstić information content (AvgIpc) is 3.10. The van der Waals surface area contributed by atoms with E-state index in [4.69, 9.17) is 9.15 Å². The van der Waals surface area contributed by atoms with Crippen molar-refractivity contribution in [1.82, 2.24) is 0 Å². The molecule has 120 valence electrons. The van der Waals surface area contributed by atoms with E-state index >= 15 is 0 Å². The molecule has 0 unspecified atom stereocenters. The second kappa shape index (κ2) is 7.33. The highest BCUT2D eigenvalue weighted by atomic mass is 16.5. The Hall–Kier alpha value is -3.27. The first-order valence-corrected chi connectivity index (χ1v) is 7.56. The molecule has 0 aliphatic rings. The van der Waals surface area contributed by atoms with Crippen LogP contribution >= 0.6 is 0 Å². The number of hydrogen-bond acceptors (Lipinski definition) is 3. The van der Waals surface area contributed by atoms with Gasteiger partial charge in [0.1, 0.15) is 17.3 Å². The smallest absolute Gasteiger partial charge is 0.248 e. The Morgan fingerprint density at radius 2 is 1.67 bits per heavy atom. The Kier molecular flexibility index (Phi) is 4.77. The van der Waals surface area contributed by atoms with Crippen molar-refractivity contribution in [2.45, 2.75) is 6.92 Å². The molecule has 3 aromatic rings. The lowest BCUT2D eigenvalue weighted by Gasteiger charge is -2.07. The number of furan rings is 1. The van der Waals surface area contributed by atoms with E-state index in [0.29, 0.717) is 17.2 Å². The van der Waals surface area contributed by atoms with Crippen molar-refractivity contribution in [3.05, 3.63) is 84.3 Å². The van der Waals surface area contributed by atoms with Gasteiger partial charge in [-0.25, -0.2) is 0 Å². The van der Waals surface area contributed by atoms with Crippen LogP contribution in [0.5, 0.6) is 11.5 Å². The van der Waals surface area contributed by atoms with E-state index in [1.807, 2.05) is 43.3 Å². The van der Waals surface area contributed by atoms with E-state index < -0.39 is 0 Å². The number of ether oxygens (including phenoxy) is 1. The molecule has 3 rings (SSSR count). The van der Waals surface area contributed by atoms with Gasteiger partial charge in [0.05, 0.1) is 6.26 Å². The number of benzene rings is 2. The number of aryl methyl sites for hydroxylation is 1. The summed E-state index contributed by atoms with van der Waals surface area (Å²) in [5.74, 6) is 1.90. The summed E-state index contributed by atoms with van der Waals surface area (Å²) in [5, 5.41) is 2.78. The fraction of sp³-hybridized carbons (Fsp3) is 0.0500. The summed E-state index contributed by atoms with van der Waals surface area (Å²) in [6.45, 7) is 2.03. The molecule has 0 fully saturated rings. The summed E-state index contributed by atoms with van der Waals surface area (Å²) in [6.07, 6.45) is 4.60. The average molecular weight is 319 g/mol. The van der Waals surface area contributed by atoms with E-state index in [9.17, 15) is 4.79 Å². The van der Waals surface area contributed by atoms with Gasteiger partial charge in [0, 0.05) is 11.8 Å². The summed E-state index contributed by atoms with van der Waals surface area (Å²) in [6, 6.07) is 18.6. The monoisotopic (exact) mass is 319 g/mol. The molecule has 0 radical (unpaired) electrons. The Morgan fingerprint density at radius 3 is 2.29 bits per heavy atom. The molecule has 0 saturated heterocycles. The first kappa shape index (κ1) is 15.6. The number of anilines is 1. The van der Waals surface area contributed by atoms with Crippen molar-refractivity contribution in [3.63, 3.8) is 0 Å². The molecule has 1 N–H and O–H groups in total. The Morgan fingerprint density at radius 1 is 1.00 bits per heavy atom. The molecule has 24 heavy (non-hydrogen) atoms. The topological polar surface area (TPSA) is 51.5 Å². The summed E-state index contributed by atoms with van der Waals surface area (Å²) < 4.78 is 10.9. The van der Waals surface area contributed by atoms with Crippen LogP contribution in [-0.4, -0.2) is 5.91 Å². The van der Waals surface area contributed by atoms with E-state index in [1.54, 1.807) is 36.6 Å². The number of rotatable bonds is 5. The minimum absolute atomic E-state index is 0.224. The Bertz CT molecular complexity index is 816. The highest BCUT2D eigenvalue weighted by Gasteiger charge is 2.01. The molecule has 0 aliphatic carbocycles. The van der Waals surface area contributed by atoms with Gasteiger partial charge >= 0.3 is 0 Å². The lowest BCUT2D eigenvalue weighted by Crippen LogP contribution is -2.07. The fourth-order valence-corrected chi connectivity index (χ4v) is 2.08. The van der Waals surface area contributed by atoms with Gasteiger partial charge < -0.3 is 14.5 Å². The number of nitrogens with one attached hydrogen (secondary N) is 1. The predicted octanol–water partition coefficient (Wildman–Crippen LogP) is 5.03. The normalized spacial score (nSPS) is 10.7. The fourth-order valence-electron chi connectivity index (χ4n) is 2.08. The van der Waals surface area contributed by atoms with E-state index in [2.05, 4.69) is 5.32 Å². The molecule has 2 aromatic carbocycles. The highest BCUT2D eigenvalue weighted by molar-refractivity contribution is 6.01. The van der Waals surface area contributed by atoms with Crippen LogP contribution in [0.15, 0.2) is 77.4 Å². The zero-order chi connectivity index (χ0) is 16.8. The summed E-state index contributed by atoms with van der Waals surface area (Å²) in [4.78, 5) is 11.8. The van der Waals surface area contributed by atoms with Gasteiger partial charge in [0.25, 0.3) is 0 Å². The van der Waals surface area contributed by atoms with Gasteiger partial charge in [-0.1, -0.05) is 17.7 Å². The Labute approximate surface area is 140 Å². The number of hydrogen-bond donors (Lipinski definition) is 1. The van der Waals surface area contributed by atoms with Crippen molar-refractivity contribution >= 4 is 17.7 Å². The first-order chi connectivity index (χ1) is 11.7. The summed E-state index contributed by atoms with van der Waals surface area (Å²) >= 11 is 0. The van der Waals surface area contributed by atoms with Crippen molar-refractivity contribution in [1.29, 1.82) is 0 Å². The summed E-state index contributed by atoms with van der Waals surface area (Å²) in [7, 11) is 0. The molecule has 0 bridgehead atoms. The van der Waals surface area contributed by atoms with Crippen LogP contribution in [0.3, 0.4) is 0 Å². The predicted molar refractivity (Wildman–Crippen MR) is 94.1 cm³/mol. The van der Waals surface area contributed by atoms with Crippen molar-refractivity contribution in [2.75, 3.05) is 5.32 Å². The SMILES string of the molecule is Cc1ccc(Oc2ccc(NC(=O)/C=C/c3ccco3)cc2)cc1. The van der Waals surface area contributed by atoms with Crippen molar-refractivity contribution < 1.29 is 13.9 Å². The molecule has 1 heterocycles. The molecular formula is C20H17NO3. The van der Waals surface area contributed by atoms with E-state index in [-0.39, 0.29) is 5.91 Å². The van der Waals surface area contributed by atoms with E-state index in [0.717, 1.165) is 5.75 Å². The van der Waals surface area contributed by atoms with Crippen molar-refractivity contribution in [2.24, 2.45) is 0 Å². The maximum atomic E-state index is 11.8. The van der Waals surface area contributed by atoms with Gasteiger partial charge in [-0.05, 0) is 61.5 Å². The second-order valence-electron chi connectivity index (χ2n) is 5.28. The third-order valence-electron chi connectivity index (χ3n) is 3.32. The lowest BCUT2D eigenvalue weighted by molar-refractivity contribution is -0.111. The summed E-state index contributed by atoms with van der Waals surface area (Å²) in [5.41, 5.74) is 1.88. The van der Waals surface area contributed by atoms with Crippen LogP contribution in [0.25, 0.3) is 6.08 Å². The quantitative estimate of drug-likeness (QED) is 0.671. The Balaban J connectivity index is 1.58. The van der Waals surface area contributed by atoms with Crippen molar-refractivity contribution in [3.8, 4) is 11.5 Å². The number of carbonyl (C=O) groups is 1. The van der Waals surface area contributed by atoms with Crippen LogP contribution in [0, 0.1) is 6.92 Å². The zero-order valence-electron chi connectivity index (χ0n) is 13.2. The maximum Gasteiger partial charge on any atom is 0.248 e. The molecule has 0 aliphatic heterocycles. The van der Waals surface area contributed by atoms with Gasteiger partial charge in [0.2, 0.25) is 5.91 Å². The number of amides is 1. The van der Waals surface area contributed by atoms with Crippen LogP contribution in [0.2, 0.25) is 0 Å². The molecular weight excluding hydrogens is 302 g/mol. The standard InChI is InChI=1S/C20H17NO3/c1-15-4-8-18(9-5-15)24-19-10-6-16(7-11-19)21-20(22)13-12-17-3-2-14-23-17/h2-14H,1H3,(H,21,22)/b13-12+. The molecule has 0 atom stereocenters. The minimum atomic E-state index is -0.224. The van der Waals surface area contributed by atoms with Gasteiger partial charge in [-0.15, -0.1) is 0 Å². The van der Waals surface area contributed by atoms with Gasteiger partial charge in [0.15, 0.2) is 0 Å². The third kappa shape index (κ3) is 4.36. The van der Waals surface area contributed by atoms with Crippen LogP contribution in [0.4, 0.5) is 5.69 Å². The molecule has 4 heteroatoms. The van der Waals surface area contributed by atoms with Crippen LogP contribution < -0.4 is 10.1 Å². The first-order valence-electron chi connectivity index (χ1n) is 7.56. The molecule has 0 spiro atoms.